The molecular formula is C13H19N3O5. The van der Waals surface area contributed by atoms with Gasteiger partial charge in [0.25, 0.3) is 0 Å². The van der Waals surface area contributed by atoms with E-state index in [0.717, 1.165) is 0 Å². The van der Waals surface area contributed by atoms with Gasteiger partial charge in [0.1, 0.15) is 6.10 Å². The highest BCUT2D eigenvalue weighted by atomic mass is 16.8. The number of hydrogen-bond donors (Lipinski definition) is 0. The van der Waals surface area contributed by atoms with E-state index in [9.17, 15) is 0 Å². The molecule has 0 N–H and O–H groups in total. The molecule has 116 valence electrons. The summed E-state index contributed by atoms with van der Waals surface area (Å²) in [5.74, 6) is -1.42. The van der Waals surface area contributed by atoms with Gasteiger partial charge in [-0.3, -0.25) is 0 Å². The Morgan fingerprint density at radius 2 is 1.76 bits per heavy atom. The molecular weight excluding hydrogens is 278 g/mol. The zero-order chi connectivity index (χ0) is 15.0. The Hall–Kier alpha value is -0.890. The Kier molecular flexibility index (Phi) is 2.55. The van der Waals surface area contributed by atoms with Crippen LogP contribution in [0.15, 0.2) is 5.11 Å². The van der Waals surface area contributed by atoms with E-state index in [1.54, 1.807) is 0 Å². The fraction of sp³-hybridized carbons (Fsp3) is 1.00. The molecule has 0 amide bonds. The third-order valence-electron chi connectivity index (χ3n) is 4.61. The Balaban J connectivity index is 1.59. The van der Waals surface area contributed by atoms with Crippen molar-refractivity contribution in [2.24, 2.45) is 17.0 Å². The maximum absolute atomic E-state index is 8.87. The summed E-state index contributed by atoms with van der Waals surface area (Å²) in [5, 5.41) is 3.90. The Labute approximate surface area is 122 Å². The second-order valence-electron chi connectivity index (χ2n) is 6.95. The summed E-state index contributed by atoms with van der Waals surface area (Å²) in [5.41, 5.74) is 7.95. The first-order valence-electron chi connectivity index (χ1n) is 7.19. The first-order chi connectivity index (χ1) is 9.78. The molecule has 4 fully saturated rings. The van der Waals surface area contributed by atoms with Crippen LogP contribution in [-0.4, -0.2) is 42.4 Å². The van der Waals surface area contributed by atoms with Crippen molar-refractivity contribution in [1.82, 2.24) is 0 Å². The van der Waals surface area contributed by atoms with Gasteiger partial charge in [0, 0.05) is 16.7 Å². The molecule has 1 saturated carbocycles. The summed E-state index contributed by atoms with van der Waals surface area (Å²) in [6, 6.07) is 0. The van der Waals surface area contributed by atoms with Crippen LogP contribution < -0.4 is 0 Å². The van der Waals surface area contributed by atoms with Crippen molar-refractivity contribution >= 4 is 0 Å². The van der Waals surface area contributed by atoms with Crippen molar-refractivity contribution in [3.8, 4) is 0 Å². The molecule has 1 aliphatic carbocycles. The van der Waals surface area contributed by atoms with Crippen LogP contribution in [0.1, 0.15) is 27.7 Å². The van der Waals surface area contributed by atoms with Crippen LogP contribution in [0.3, 0.4) is 0 Å². The van der Waals surface area contributed by atoms with E-state index in [-0.39, 0.29) is 24.0 Å². The normalized spacial score (nSPS) is 52.1. The number of azide groups is 1. The van der Waals surface area contributed by atoms with Crippen LogP contribution in [-0.2, 0) is 23.7 Å². The first kappa shape index (κ1) is 13.8. The molecule has 0 aromatic heterocycles. The quantitative estimate of drug-likeness (QED) is 0.440. The topological polar surface area (TPSA) is 94.9 Å². The third-order valence-corrected chi connectivity index (χ3v) is 4.61. The predicted octanol–water partition coefficient (Wildman–Crippen LogP) is 1.90. The monoisotopic (exact) mass is 297 g/mol. The van der Waals surface area contributed by atoms with Gasteiger partial charge in [-0.25, -0.2) is 0 Å². The number of hydrogen-bond acceptors (Lipinski definition) is 6. The minimum atomic E-state index is -0.922. The maximum Gasteiger partial charge on any atom is 0.188 e. The van der Waals surface area contributed by atoms with E-state index in [4.69, 9.17) is 29.2 Å². The molecule has 8 heteroatoms. The molecule has 4 aliphatic rings. The van der Waals surface area contributed by atoms with Crippen LogP contribution in [0.4, 0.5) is 0 Å². The fourth-order valence-electron chi connectivity index (χ4n) is 3.89. The van der Waals surface area contributed by atoms with Crippen LogP contribution in [0.25, 0.3) is 10.4 Å². The van der Waals surface area contributed by atoms with E-state index < -0.39 is 23.6 Å². The molecule has 3 aliphatic heterocycles. The van der Waals surface area contributed by atoms with Gasteiger partial charge in [-0.1, -0.05) is 5.11 Å². The number of ether oxygens (including phenoxy) is 5. The Morgan fingerprint density at radius 3 is 2.38 bits per heavy atom. The summed E-state index contributed by atoms with van der Waals surface area (Å²) >= 11 is 0. The minimum absolute atomic E-state index is 0.0531. The summed E-state index contributed by atoms with van der Waals surface area (Å²) in [4.78, 5) is 2.95. The molecule has 3 saturated heterocycles. The molecule has 0 spiro atoms. The summed E-state index contributed by atoms with van der Waals surface area (Å²) < 4.78 is 29.0. The Morgan fingerprint density at radius 1 is 1.00 bits per heavy atom. The largest absolute Gasteiger partial charge is 0.348 e. The van der Waals surface area contributed by atoms with E-state index in [1.165, 1.54) is 0 Å². The molecule has 4 rings (SSSR count). The van der Waals surface area contributed by atoms with Gasteiger partial charge in [-0.15, -0.1) is 0 Å². The molecule has 3 heterocycles. The molecule has 8 nitrogen and oxygen atoms in total. The van der Waals surface area contributed by atoms with Gasteiger partial charge in [-0.05, 0) is 33.2 Å². The number of fused-ring (bicyclic) bond motifs is 3. The average molecular weight is 297 g/mol. The van der Waals surface area contributed by atoms with Crippen molar-refractivity contribution in [2.45, 2.75) is 63.5 Å². The molecule has 0 radical (unpaired) electrons. The van der Waals surface area contributed by atoms with Crippen molar-refractivity contribution in [3.63, 3.8) is 0 Å². The van der Waals surface area contributed by atoms with Crippen LogP contribution in [0.5, 0.6) is 0 Å². The number of nitrogens with zero attached hydrogens (tertiary/aromatic N) is 3. The van der Waals surface area contributed by atoms with Crippen molar-refractivity contribution in [1.29, 1.82) is 0 Å². The SMILES string of the molecule is CC1(C)OC[C@H]([C@H]2C3[C@@H]4OC(C)(C)O[C@H]4OC32N=[N+]=[N-])O1. The van der Waals surface area contributed by atoms with Gasteiger partial charge < -0.3 is 23.7 Å². The van der Waals surface area contributed by atoms with Gasteiger partial charge in [-0.2, -0.15) is 0 Å². The average Bonchev–Trinajstić information content (AvgIpc) is 2.59. The molecule has 6 atom stereocenters. The molecule has 2 unspecified atom stereocenters. The lowest BCUT2D eigenvalue weighted by atomic mass is 10.1. The van der Waals surface area contributed by atoms with E-state index in [1.807, 2.05) is 27.7 Å². The highest BCUT2D eigenvalue weighted by Crippen LogP contribution is 2.68. The molecule has 21 heavy (non-hydrogen) atoms. The van der Waals surface area contributed by atoms with Gasteiger partial charge in [0.05, 0.1) is 12.7 Å². The van der Waals surface area contributed by atoms with Crippen molar-refractivity contribution in [3.05, 3.63) is 10.4 Å². The minimum Gasteiger partial charge on any atom is -0.348 e. The molecule has 0 aromatic carbocycles. The summed E-state index contributed by atoms with van der Waals surface area (Å²) in [6.45, 7) is 7.89. The van der Waals surface area contributed by atoms with Gasteiger partial charge in [0.15, 0.2) is 23.6 Å². The van der Waals surface area contributed by atoms with Crippen LogP contribution >= 0.6 is 0 Å². The second kappa shape index (κ2) is 3.90. The van der Waals surface area contributed by atoms with E-state index >= 15 is 0 Å². The van der Waals surface area contributed by atoms with Crippen LogP contribution in [0.2, 0.25) is 0 Å². The zero-order valence-electron chi connectivity index (χ0n) is 12.5. The van der Waals surface area contributed by atoms with Crippen molar-refractivity contribution in [2.75, 3.05) is 6.61 Å². The lowest BCUT2D eigenvalue weighted by Crippen LogP contribution is -2.32. The van der Waals surface area contributed by atoms with Crippen molar-refractivity contribution < 1.29 is 23.7 Å². The first-order valence-corrected chi connectivity index (χ1v) is 7.19. The lowest BCUT2D eigenvalue weighted by molar-refractivity contribution is -0.213. The van der Waals surface area contributed by atoms with Crippen LogP contribution in [0, 0.1) is 11.8 Å². The number of rotatable bonds is 2. The lowest BCUT2D eigenvalue weighted by Gasteiger charge is -2.21. The Bertz CT molecular complexity index is 526. The fourth-order valence-corrected chi connectivity index (χ4v) is 3.89. The highest BCUT2D eigenvalue weighted by Gasteiger charge is 2.81. The zero-order valence-corrected chi connectivity index (χ0v) is 12.5. The summed E-state index contributed by atoms with van der Waals surface area (Å²) in [7, 11) is 0. The molecule has 0 bridgehead atoms. The second-order valence-corrected chi connectivity index (χ2v) is 6.95. The van der Waals surface area contributed by atoms with E-state index in [0.29, 0.717) is 6.61 Å². The van der Waals surface area contributed by atoms with E-state index in [2.05, 4.69) is 10.0 Å². The molecule has 0 aromatic rings. The standard InChI is InChI=1S/C13H19N3O5/c1-11(2)17-5-6(18-11)7-8-9-10(20-12(3,4)19-9)21-13(7,8)15-16-14/h6-10H,5H2,1-4H3/t6-,7+,8?,9+,10+,13?/m1/s1. The third kappa shape index (κ3) is 1.84. The maximum atomic E-state index is 8.87. The summed E-state index contributed by atoms with van der Waals surface area (Å²) in [6.07, 6.45) is -0.881. The highest BCUT2D eigenvalue weighted by molar-refractivity contribution is 5.23. The smallest absolute Gasteiger partial charge is 0.188 e. The predicted molar refractivity (Wildman–Crippen MR) is 68.7 cm³/mol. The van der Waals surface area contributed by atoms with Gasteiger partial charge in [0.2, 0.25) is 0 Å². The van der Waals surface area contributed by atoms with Gasteiger partial charge >= 0.3 is 0 Å².